The van der Waals surface area contributed by atoms with E-state index in [2.05, 4.69) is 34.6 Å². The van der Waals surface area contributed by atoms with Gasteiger partial charge < -0.3 is 4.74 Å². The third-order valence-corrected chi connectivity index (χ3v) is 3.24. The largest absolute Gasteiger partial charge is 0.493 e. The maximum absolute atomic E-state index is 11.7. The van der Waals surface area contributed by atoms with Crippen LogP contribution in [0.2, 0.25) is 0 Å². The number of ether oxygens (including phenoxy) is 1. The van der Waals surface area contributed by atoms with Crippen molar-refractivity contribution in [3.8, 4) is 5.75 Å². The highest BCUT2D eigenvalue weighted by Gasteiger charge is 2.06. The molecule has 9 nitrogen and oxygen atoms in total. The molecule has 0 spiro atoms. The fourth-order valence-corrected chi connectivity index (χ4v) is 1.92. The van der Waals surface area contributed by atoms with Crippen LogP contribution in [0.25, 0.3) is 0 Å². The Kier molecular flexibility index (Phi) is 6.84. The highest BCUT2D eigenvalue weighted by Crippen LogP contribution is 2.12. The molecule has 0 aliphatic rings. The summed E-state index contributed by atoms with van der Waals surface area (Å²) < 4.78 is 5.59. The van der Waals surface area contributed by atoms with Crippen LogP contribution in [0.15, 0.2) is 39.0 Å². The van der Waals surface area contributed by atoms with E-state index in [4.69, 9.17) is 4.74 Å². The van der Waals surface area contributed by atoms with E-state index in [1.54, 1.807) is 0 Å². The van der Waals surface area contributed by atoms with E-state index in [0.717, 1.165) is 11.3 Å². The van der Waals surface area contributed by atoms with E-state index >= 15 is 0 Å². The van der Waals surface area contributed by atoms with Gasteiger partial charge in [-0.25, -0.2) is 15.3 Å². The molecule has 9 heteroatoms. The minimum Gasteiger partial charge on any atom is -0.493 e. The van der Waals surface area contributed by atoms with E-state index < -0.39 is 11.2 Å². The minimum atomic E-state index is -0.687. The first kappa shape index (κ1) is 19.1. The number of amides is 1. The topological polar surface area (TPSA) is 129 Å². The average molecular weight is 359 g/mol. The second-order valence-electron chi connectivity index (χ2n) is 6.02. The Hall–Kier alpha value is -3.23. The van der Waals surface area contributed by atoms with Gasteiger partial charge in [0, 0.05) is 12.8 Å². The van der Waals surface area contributed by atoms with Crippen molar-refractivity contribution in [3.05, 3.63) is 56.4 Å². The van der Waals surface area contributed by atoms with Crippen molar-refractivity contribution in [2.45, 2.75) is 26.7 Å². The number of carbonyl (C=O) groups is 1. The van der Waals surface area contributed by atoms with Crippen molar-refractivity contribution in [3.63, 3.8) is 0 Å². The van der Waals surface area contributed by atoms with Crippen molar-refractivity contribution in [1.82, 2.24) is 20.6 Å². The van der Waals surface area contributed by atoms with Gasteiger partial charge in [-0.1, -0.05) is 13.8 Å². The highest BCUT2D eigenvalue weighted by atomic mass is 16.5. The molecule has 3 N–H and O–H groups in total. The normalized spacial score (nSPS) is 11.0. The third-order valence-electron chi connectivity index (χ3n) is 3.24. The summed E-state index contributed by atoms with van der Waals surface area (Å²) >= 11 is 0. The molecule has 0 bridgehead atoms. The molecule has 0 atom stereocenters. The molecule has 1 aromatic heterocycles. The Morgan fingerprint density at radius 3 is 2.69 bits per heavy atom. The van der Waals surface area contributed by atoms with Gasteiger partial charge in [-0.15, -0.1) is 0 Å². The molecule has 26 heavy (non-hydrogen) atoms. The molecule has 0 radical (unpaired) electrons. The predicted octanol–water partition coefficient (Wildman–Crippen LogP) is 0.576. The van der Waals surface area contributed by atoms with Gasteiger partial charge in [0.05, 0.1) is 12.8 Å². The molecule has 0 fully saturated rings. The lowest BCUT2D eigenvalue weighted by molar-refractivity contribution is -0.121. The van der Waals surface area contributed by atoms with Crippen LogP contribution in [0.3, 0.4) is 0 Å². The molecule has 2 aromatic rings. The molecule has 0 saturated heterocycles. The minimum absolute atomic E-state index is 0.0153. The molecular weight excluding hydrogens is 338 g/mol. The Morgan fingerprint density at radius 1 is 1.31 bits per heavy atom. The van der Waals surface area contributed by atoms with Crippen molar-refractivity contribution < 1.29 is 9.53 Å². The van der Waals surface area contributed by atoms with E-state index in [0.29, 0.717) is 12.5 Å². The second-order valence-corrected chi connectivity index (χ2v) is 6.02. The summed E-state index contributed by atoms with van der Waals surface area (Å²) in [6.07, 6.45) is 1.62. The van der Waals surface area contributed by atoms with E-state index in [1.807, 2.05) is 29.2 Å². The number of nitrogens with one attached hydrogen (secondary N) is 3. The molecule has 2 rings (SSSR count). The first-order valence-corrected chi connectivity index (χ1v) is 8.16. The maximum atomic E-state index is 11.7. The number of benzene rings is 1. The van der Waals surface area contributed by atoms with Crippen LogP contribution >= 0.6 is 0 Å². The zero-order valence-corrected chi connectivity index (χ0v) is 14.6. The molecule has 0 unspecified atom stereocenters. The first-order valence-electron chi connectivity index (χ1n) is 8.16. The second kappa shape index (κ2) is 9.30. The summed E-state index contributed by atoms with van der Waals surface area (Å²) in [5.74, 6) is 0.859. The molecule has 1 aromatic carbocycles. The van der Waals surface area contributed by atoms with Gasteiger partial charge >= 0.3 is 5.69 Å². The summed E-state index contributed by atoms with van der Waals surface area (Å²) in [5.41, 5.74) is 1.97. The van der Waals surface area contributed by atoms with Gasteiger partial charge in [0.25, 0.3) is 5.56 Å². The highest BCUT2D eigenvalue weighted by molar-refractivity contribution is 5.82. The van der Waals surface area contributed by atoms with E-state index in [1.165, 1.54) is 6.21 Å². The number of aromatic nitrogens is 3. The first-order chi connectivity index (χ1) is 12.4. The number of aromatic amines is 2. The zero-order valence-electron chi connectivity index (χ0n) is 14.6. The van der Waals surface area contributed by atoms with E-state index in [9.17, 15) is 14.4 Å². The summed E-state index contributed by atoms with van der Waals surface area (Å²) in [4.78, 5) is 36.1. The smallest absolute Gasteiger partial charge is 0.342 e. The van der Waals surface area contributed by atoms with Crippen LogP contribution in [-0.2, 0) is 11.2 Å². The van der Waals surface area contributed by atoms with Crippen LogP contribution < -0.4 is 21.4 Å². The summed E-state index contributed by atoms with van der Waals surface area (Å²) in [7, 11) is 0. The summed E-state index contributed by atoms with van der Waals surface area (Å²) in [6.45, 7) is 4.80. The zero-order chi connectivity index (χ0) is 18.9. The van der Waals surface area contributed by atoms with Gasteiger partial charge in [0.2, 0.25) is 5.91 Å². The Balaban J connectivity index is 1.79. The van der Waals surface area contributed by atoms with Gasteiger partial charge in [-0.2, -0.15) is 10.2 Å². The number of carbonyl (C=O) groups excluding carboxylic acids is 1. The lowest BCUT2D eigenvalue weighted by atomic mass is 10.2. The number of hydrogen-bond donors (Lipinski definition) is 3. The molecule has 0 saturated carbocycles. The third kappa shape index (κ3) is 6.34. The van der Waals surface area contributed by atoms with Crippen molar-refractivity contribution in [2.24, 2.45) is 11.0 Å². The van der Waals surface area contributed by atoms with Crippen LogP contribution in [0.1, 0.15) is 31.5 Å². The van der Waals surface area contributed by atoms with Gasteiger partial charge in [-0.3, -0.25) is 14.6 Å². The predicted molar refractivity (Wildman–Crippen MR) is 96.3 cm³/mol. The van der Waals surface area contributed by atoms with E-state index in [-0.39, 0.29) is 24.4 Å². The Labute approximate surface area is 149 Å². The number of hydrogen-bond acceptors (Lipinski definition) is 6. The fraction of sp³-hybridized carbons (Fsp3) is 0.353. The fourth-order valence-electron chi connectivity index (χ4n) is 1.92. The number of H-pyrrole nitrogens is 2. The van der Waals surface area contributed by atoms with Crippen LogP contribution in [0.4, 0.5) is 0 Å². The molecule has 0 aliphatic carbocycles. The molecule has 0 aliphatic heterocycles. The number of hydrazone groups is 1. The van der Waals surface area contributed by atoms with Crippen molar-refractivity contribution in [1.29, 1.82) is 0 Å². The van der Waals surface area contributed by atoms with Gasteiger partial charge in [0.15, 0.2) is 0 Å². The standard InChI is InChI=1S/C17H21N5O4/c1-11(2)10-26-13-5-3-12(4-6-13)9-18-21-15(23)8-7-14-16(24)19-17(25)22-20-14/h3-6,9,11H,7-8,10H2,1-2H3,(H,21,23)(H2,19,22,24,25)/b18-9+. The summed E-state index contributed by atoms with van der Waals surface area (Å²) in [5, 5.41) is 9.58. The lowest BCUT2D eigenvalue weighted by Gasteiger charge is -2.08. The summed E-state index contributed by atoms with van der Waals surface area (Å²) in [6, 6.07) is 7.32. The molecule has 138 valence electrons. The lowest BCUT2D eigenvalue weighted by Crippen LogP contribution is -2.28. The van der Waals surface area contributed by atoms with Crippen molar-refractivity contribution in [2.75, 3.05) is 6.61 Å². The molecule has 1 heterocycles. The number of aryl methyl sites for hydroxylation is 1. The molecule has 1 amide bonds. The van der Waals surface area contributed by atoms with Crippen LogP contribution in [-0.4, -0.2) is 33.9 Å². The SMILES string of the molecule is CC(C)COc1ccc(/C=N/NC(=O)CCc2n[nH]c(=O)[nH]c2=O)cc1. The average Bonchev–Trinajstić information content (AvgIpc) is 2.60. The molecular formula is C17H21N5O4. The van der Waals surface area contributed by atoms with Gasteiger partial charge in [0.1, 0.15) is 11.4 Å². The van der Waals surface area contributed by atoms with Crippen LogP contribution in [0.5, 0.6) is 5.75 Å². The number of rotatable bonds is 8. The monoisotopic (exact) mass is 359 g/mol. The Bertz CT molecular complexity index is 868. The van der Waals surface area contributed by atoms with Crippen molar-refractivity contribution >= 4 is 12.1 Å². The number of nitrogens with zero attached hydrogens (tertiary/aromatic N) is 2. The van der Waals surface area contributed by atoms with Gasteiger partial charge in [-0.05, 0) is 35.7 Å². The maximum Gasteiger partial charge on any atom is 0.342 e. The van der Waals surface area contributed by atoms with Crippen LogP contribution in [0, 0.1) is 5.92 Å². The Morgan fingerprint density at radius 2 is 2.04 bits per heavy atom. The quantitative estimate of drug-likeness (QED) is 0.469.